The topological polar surface area (TPSA) is 109 Å². The Bertz CT molecular complexity index is 799. The molecule has 1 aliphatic heterocycles. The fourth-order valence-electron chi connectivity index (χ4n) is 3.53. The third-order valence-electron chi connectivity index (χ3n) is 5.01. The zero-order chi connectivity index (χ0) is 17.6. The molecule has 2 heterocycles. The van der Waals surface area contributed by atoms with Gasteiger partial charge in [0.15, 0.2) is 0 Å². The van der Waals surface area contributed by atoms with Crippen LogP contribution >= 0.6 is 11.3 Å². The molecule has 0 amide bonds. The molecule has 5 nitrogen and oxygen atoms in total. The summed E-state index contributed by atoms with van der Waals surface area (Å²) in [5.74, 6) is 0.530. The molecule has 0 bridgehead atoms. The maximum atomic E-state index is 9.36. The van der Waals surface area contributed by atoms with Gasteiger partial charge < -0.3 is 21.6 Å². The Morgan fingerprint density at radius 2 is 2.21 bits per heavy atom. The second kappa shape index (κ2) is 6.08. The number of fused-ring (bicyclic) bond motifs is 1. The van der Waals surface area contributed by atoms with E-state index in [-0.39, 0.29) is 18.1 Å². The van der Waals surface area contributed by atoms with Gasteiger partial charge in [0.25, 0.3) is 0 Å². The van der Waals surface area contributed by atoms with Crippen LogP contribution in [0.1, 0.15) is 48.6 Å². The first-order chi connectivity index (χ1) is 11.3. The Labute approximate surface area is 146 Å². The van der Waals surface area contributed by atoms with Gasteiger partial charge in [0, 0.05) is 28.6 Å². The van der Waals surface area contributed by atoms with Gasteiger partial charge in [-0.15, -0.1) is 11.3 Å². The Kier molecular flexibility index (Phi) is 4.24. The van der Waals surface area contributed by atoms with Crippen LogP contribution in [0.15, 0.2) is 23.5 Å². The van der Waals surface area contributed by atoms with E-state index in [0.717, 1.165) is 40.2 Å². The van der Waals surface area contributed by atoms with Crippen molar-refractivity contribution in [3.05, 3.63) is 39.5 Å². The number of nitrogens with zero attached hydrogens (tertiary/aromatic N) is 1. The van der Waals surface area contributed by atoms with Gasteiger partial charge in [-0.3, -0.25) is 0 Å². The van der Waals surface area contributed by atoms with Gasteiger partial charge in [-0.05, 0) is 37.8 Å². The van der Waals surface area contributed by atoms with E-state index in [1.165, 1.54) is 11.3 Å². The number of rotatable bonds is 2. The summed E-state index contributed by atoms with van der Waals surface area (Å²) in [5, 5.41) is 18.7. The number of nitrogens with two attached hydrogens (primary N) is 2. The van der Waals surface area contributed by atoms with Gasteiger partial charge in [0.05, 0.1) is 17.2 Å². The van der Waals surface area contributed by atoms with Gasteiger partial charge in [0.2, 0.25) is 0 Å². The van der Waals surface area contributed by atoms with Crippen molar-refractivity contribution >= 4 is 22.0 Å². The first-order valence-electron chi connectivity index (χ1n) is 8.04. The zero-order valence-electron chi connectivity index (χ0n) is 14.0. The lowest BCUT2D eigenvalue weighted by Crippen LogP contribution is -2.38. The smallest absolute Gasteiger partial charge is 0.116 e. The molecule has 0 radical (unpaired) electrons. The molecular formula is C18H22N4OS. The van der Waals surface area contributed by atoms with Crippen molar-refractivity contribution in [3.63, 3.8) is 0 Å². The van der Waals surface area contributed by atoms with Crippen molar-refractivity contribution < 1.29 is 4.74 Å². The second-order valence-corrected chi connectivity index (χ2v) is 7.60. The van der Waals surface area contributed by atoms with Crippen molar-refractivity contribution in [2.75, 3.05) is 5.73 Å². The van der Waals surface area contributed by atoms with E-state index in [1.807, 2.05) is 13.8 Å². The van der Waals surface area contributed by atoms with E-state index in [1.54, 1.807) is 0 Å². The highest BCUT2D eigenvalue weighted by Gasteiger charge is 2.37. The summed E-state index contributed by atoms with van der Waals surface area (Å²) < 4.78 is 5.82. The van der Waals surface area contributed by atoms with E-state index in [2.05, 4.69) is 12.6 Å². The average molecular weight is 342 g/mol. The molecular weight excluding hydrogens is 320 g/mol. The summed E-state index contributed by atoms with van der Waals surface area (Å²) in [6.45, 7) is 7.92. The van der Waals surface area contributed by atoms with Gasteiger partial charge in [-0.25, -0.2) is 0 Å². The molecule has 126 valence electrons. The van der Waals surface area contributed by atoms with Crippen molar-refractivity contribution in [2.24, 2.45) is 5.73 Å². The van der Waals surface area contributed by atoms with Crippen LogP contribution in [-0.2, 0) is 11.2 Å². The Balaban J connectivity index is 2.04. The third kappa shape index (κ3) is 2.54. The molecule has 0 spiro atoms. The molecule has 2 aliphatic rings. The van der Waals surface area contributed by atoms with E-state index in [0.29, 0.717) is 22.7 Å². The van der Waals surface area contributed by atoms with Crippen LogP contribution in [0, 0.1) is 16.7 Å². The molecule has 0 fully saturated rings. The summed E-state index contributed by atoms with van der Waals surface area (Å²) in [6, 6.07) is 2.05. The van der Waals surface area contributed by atoms with Crippen LogP contribution in [0.25, 0.3) is 0 Å². The second-order valence-electron chi connectivity index (χ2n) is 6.52. The SMILES string of the molecule is C=C1CC(C(=N)C2c3sc(N)c(C#N)c3CCC2N)=C(C)OC1C. The van der Waals surface area contributed by atoms with Gasteiger partial charge in [-0.2, -0.15) is 5.26 Å². The monoisotopic (exact) mass is 342 g/mol. The first-order valence-corrected chi connectivity index (χ1v) is 8.86. The Morgan fingerprint density at radius 1 is 1.50 bits per heavy atom. The highest BCUT2D eigenvalue weighted by atomic mass is 32.1. The Morgan fingerprint density at radius 3 is 2.88 bits per heavy atom. The van der Waals surface area contributed by atoms with Crippen molar-refractivity contribution in [1.29, 1.82) is 10.7 Å². The lowest BCUT2D eigenvalue weighted by atomic mass is 9.77. The molecule has 0 aromatic carbocycles. The number of hydrogen-bond acceptors (Lipinski definition) is 6. The summed E-state index contributed by atoms with van der Waals surface area (Å²) in [7, 11) is 0. The number of ether oxygens (including phenoxy) is 1. The predicted molar refractivity (Wildman–Crippen MR) is 97.2 cm³/mol. The van der Waals surface area contributed by atoms with E-state index < -0.39 is 0 Å². The van der Waals surface area contributed by atoms with Crippen LogP contribution in [-0.4, -0.2) is 17.9 Å². The molecule has 0 saturated carbocycles. The summed E-state index contributed by atoms with van der Waals surface area (Å²) in [4.78, 5) is 0.970. The molecule has 1 aliphatic carbocycles. The molecule has 1 aromatic heterocycles. The minimum Gasteiger partial charge on any atom is -0.491 e. The summed E-state index contributed by atoms with van der Waals surface area (Å²) in [6.07, 6.45) is 2.10. The quantitative estimate of drug-likeness (QED) is 0.566. The van der Waals surface area contributed by atoms with Crippen molar-refractivity contribution in [1.82, 2.24) is 0 Å². The number of nitrogen functional groups attached to an aromatic ring is 1. The zero-order valence-corrected chi connectivity index (χ0v) is 14.8. The molecule has 1 aromatic rings. The normalized spacial score (nSPS) is 26.6. The molecule has 5 N–H and O–H groups in total. The molecule has 3 rings (SSSR count). The highest BCUT2D eigenvalue weighted by molar-refractivity contribution is 7.16. The van der Waals surface area contributed by atoms with Gasteiger partial charge in [0.1, 0.15) is 17.2 Å². The van der Waals surface area contributed by atoms with Crippen molar-refractivity contribution in [3.8, 4) is 6.07 Å². The number of nitriles is 1. The minimum atomic E-state index is -0.238. The molecule has 3 unspecified atom stereocenters. The van der Waals surface area contributed by atoms with E-state index in [9.17, 15) is 5.26 Å². The van der Waals surface area contributed by atoms with Crippen LogP contribution in [0.2, 0.25) is 0 Å². The van der Waals surface area contributed by atoms with Gasteiger partial charge in [-0.1, -0.05) is 6.58 Å². The van der Waals surface area contributed by atoms with E-state index >= 15 is 0 Å². The maximum absolute atomic E-state index is 9.36. The molecule has 3 atom stereocenters. The standard InChI is InChI=1S/C18H22N4OS/c1-8-6-12(10(3)23-9(8)2)16(21)15-14(20)5-4-11-13(7-19)18(22)24-17(11)15/h9,14-15,21H,1,4-6,20,22H2,2-3H3. The number of allylic oxidation sites excluding steroid dienone is 2. The number of anilines is 1. The van der Waals surface area contributed by atoms with Gasteiger partial charge >= 0.3 is 0 Å². The molecule has 24 heavy (non-hydrogen) atoms. The Hall–Kier alpha value is -2.10. The fourth-order valence-corrected chi connectivity index (χ4v) is 4.78. The number of nitrogens with one attached hydrogen (secondary N) is 1. The molecule has 0 saturated heterocycles. The lowest BCUT2D eigenvalue weighted by molar-refractivity contribution is 0.148. The maximum Gasteiger partial charge on any atom is 0.116 e. The van der Waals surface area contributed by atoms with Crippen LogP contribution in [0.3, 0.4) is 0 Å². The van der Waals surface area contributed by atoms with Crippen LogP contribution < -0.4 is 11.5 Å². The fraction of sp³-hybridized carbons (Fsp3) is 0.444. The predicted octanol–water partition coefficient (Wildman–Crippen LogP) is 3.22. The average Bonchev–Trinajstić information content (AvgIpc) is 2.85. The lowest BCUT2D eigenvalue weighted by Gasteiger charge is -2.33. The van der Waals surface area contributed by atoms with Crippen LogP contribution in [0.5, 0.6) is 0 Å². The van der Waals surface area contributed by atoms with Crippen LogP contribution in [0.4, 0.5) is 5.00 Å². The summed E-state index contributed by atoms with van der Waals surface area (Å²) >= 11 is 1.40. The molecule has 6 heteroatoms. The van der Waals surface area contributed by atoms with E-state index in [4.69, 9.17) is 21.6 Å². The first kappa shape index (κ1) is 16.7. The summed E-state index contributed by atoms with van der Waals surface area (Å²) in [5.41, 5.74) is 16.2. The minimum absolute atomic E-state index is 0.0280. The van der Waals surface area contributed by atoms with Crippen molar-refractivity contribution in [2.45, 2.75) is 51.2 Å². The third-order valence-corrected chi connectivity index (χ3v) is 6.15. The number of thiophene rings is 1. The number of hydrogen-bond donors (Lipinski definition) is 3. The highest BCUT2D eigenvalue weighted by Crippen LogP contribution is 2.44. The largest absolute Gasteiger partial charge is 0.491 e.